The molecule has 1 atom stereocenters. The summed E-state index contributed by atoms with van der Waals surface area (Å²) in [6.45, 7) is 14.5. The molecule has 0 bridgehead atoms. The molecule has 0 amide bonds. The zero-order chi connectivity index (χ0) is 30.1. The minimum absolute atomic E-state index is 0.00982. The van der Waals surface area contributed by atoms with Crippen LogP contribution < -0.4 is 16.6 Å². The number of ether oxygens (including phenoxy) is 1. The molecule has 0 unspecified atom stereocenters. The highest BCUT2D eigenvalue weighted by molar-refractivity contribution is 6.74. The van der Waals surface area contributed by atoms with Crippen LogP contribution in [0.5, 0.6) is 0 Å². The highest BCUT2D eigenvalue weighted by Crippen LogP contribution is 2.37. The topological polar surface area (TPSA) is 92.3 Å². The van der Waals surface area contributed by atoms with Crippen molar-refractivity contribution < 1.29 is 9.16 Å². The normalized spacial score (nSPS) is 22.0. The molecule has 3 aromatic rings. The number of imidazole rings is 1. The molecule has 5 rings (SSSR count). The molecule has 0 spiro atoms. The van der Waals surface area contributed by atoms with E-state index in [0.717, 1.165) is 62.8 Å². The number of aromatic nitrogens is 4. The molecule has 1 saturated carbocycles. The van der Waals surface area contributed by atoms with Crippen molar-refractivity contribution in [1.29, 1.82) is 0 Å². The summed E-state index contributed by atoms with van der Waals surface area (Å²) < 4.78 is 17.3. The van der Waals surface area contributed by atoms with Gasteiger partial charge in [-0.25, -0.2) is 9.48 Å². The van der Waals surface area contributed by atoms with E-state index in [-0.39, 0.29) is 33.4 Å². The number of nitrogens with zero attached hydrogens (tertiary/aromatic N) is 4. The number of rotatable bonds is 9. The molecule has 42 heavy (non-hydrogen) atoms. The largest absolute Gasteiger partial charge is 0.415 e. The summed E-state index contributed by atoms with van der Waals surface area (Å²) in [5.74, 6) is 0.409. The van der Waals surface area contributed by atoms with E-state index in [1.54, 1.807) is 6.20 Å². The third kappa shape index (κ3) is 6.42. The maximum absolute atomic E-state index is 13.8. The third-order valence-electron chi connectivity index (χ3n) is 9.61. The van der Waals surface area contributed by atoms with Crippen molar-refractivity contribution in [2.45, 2.75) is 96.1 Å². The third-order valence-corrected chi connectivity index (χ3v) is 14.5. The van der Waals surface area contributed by atoms with Gasteiger partial charge in [0.1, 0.15) is 5.02 Å². The standard InChI is InChI=1S/C31H46ClN5O4Si/c1-31(2,3)42(4,5)41-18-16-35-26-10-6-7-11-27(26)36(30(35)39)23-12-14-24(15-13-23)37-29(38)28(32)25(20-34-37)33-19-22-9-8-17-40-21-22/h6-7,10-11,20,22-24,33H,8-9,12-19,21H2,1-5H3/t22-,23?,24?/m0/s1. The lowest BCUT2D eigenvalue weighted by molar-refractivity contribution is 0.0595. The van der Waals surface area contributed by atoms with Crippen molar-refractivity contribution in [2.24, 2.45) is 5.92 Å². The van der Waals surface area contributed by atoms with Gasteiger partial charge in [-0.1, -0.05) is 44.5 Å². The fourth-order valence-electron chi connectivity index (χ4n) is 6.02. The monoisotopic (exact) mass is 615 g/mol. The fourth-order valence-corrected chi connectivity index (χ4v) is 7.26. The minimum atomic E-state index is -1.91. The Morgan fingerprint density at radius 2 is 1.76 bits per heavy atom. The Labute approximate surface area is 254 Å². The summed E-state index contributed by atoms with van der Waals surface area (Å²) in [7, 11) is -1.91. The summed E-state index contributed by atoms with van der Waals surface area (Å²) in [5, 5.41) is 8.11. The quantitative estimate of drug-likeness (QED) is 0.287. The molecule has 9 nitrogen and oxygen atoms in total. The molecule has 1 saturated heterocycles. The molecule has 0 radical (unpaired) electrons. The van der Waals surface area contributed by atoms with Crippen LogP contribution in [-0.4, -0.2) is 53.6 Å². The number of hydrogen-bond donors (Lipinski definition) is 1. The van der Waals surface area contributed by atoms with Gasteiger partial charge >= 0.3 is 5.69 Å². The maximum Gasteiger partial charge on any atom is 0.329 e. The van der Waals surface area contributed by atoms with E-state index in [0.29, 0.717) is 31.3 Å². The van der Waals surface area contributed by atoms with Gasteiger partial charge in [0.2, 0.25) is 0 Å². The van der Waals surface area contributed by atoms with E-state index in [2.05, 4.69) is 44.3 Å². The summed E-state index contributed by atoms with van der Waals surface area (Å²) >= 11 is 6.52. The first kappa shape index (κ1) is 31.0. The Bertz CT molecular complexity index is 1490. The smallest absolute Gasteiger partial charge is 0.329 e. The van der Waals surface area contributed by atoms with Crippen LogP contribution in [0.2, 0.25) is 23.2 Å². The molecular weight excluding hydrogens is 570 g/mol. The van der Waals surface area contributed by atoms with Gasteiger partial charge in [-0.05, 0) is 74.7 Å². The predicted molar refractivity (Wildman–Crippen MR) is 171 cm³/mol. The number of benzene rings is 1. The number of para-hydroxylation sites is 2. The first-order valence-corrected chi connectivity index (χ1v) is 18.7. The predicted octanol–water partition coefficient (Wildman–Crippen LogP) is 6.23. The molecule has 1 aliphatic heterocycles. The van der Waals surface area contributed by atoms with Crippen molar-refractivity contribution in [2.75, 3.05) is 31.7 Å². The molecule has 1 N–H and O–H groups in total. The SMILES string of the molecule is CC(C)(C)[Si](C)(C)OCCn1c(=O)n(C2CCC(n3ncc(NC[C@@H]4CCCOC4)c(Cl)c3=O)CC2)c2ccccc21. The first-order chi connectivity index (χ1) is 20.0. The average Bonchev–Trinajstić information content (AvgIpc) is 3.25. The Morgan fingerprint density at radius 1 is 1.07 bits per heavy atom. The van der Waals surface area contributed by atoms with E-state index in [1.807, 2.05) is 33.4 Å². The van der Waals surface area contributed by atoms with Crippen LogP contribution in [0.1, 0.15) is 71.4 Å². The van der Waals surface area contributed by atoms with Gasteiger partial charge in [0.25, 0.3) is 5.56 Å². The van der Waals surface area contributed by atoms with Crippen molar-refractivity contribution >= 4 is 36.6 Å². The highest BCUT2D eigenvalue weighted by Gasteiger charge is 2.37. The lowest BCUT2D eigenvalue weighted by atomic mass is 9.91. The van der Waals surface area contributed by atoms with E-state index in [4.69, 9.17) is 20.8 Å². The van der Waals surface area contributed by atoms with Crippen molar-refractivity contribution in [3.05, 3.63) is 56.3 Å². The number of hydrogen-bond acceptors (Lipinski definition) is 6. The van der Waals surface area contributed by atoms with Gasteiger partial charge in [-0.3, -0.25) is 13.9 Å². The zero-order valence-electron chi connectivity index (χ0n) is 25.7. The van der Waals surface area contributed by atoms with Gasteiger partial charge in [-0.2, -0.15) is 5.10 Å². The first-order valence-electron chi connectivity index (χ1n) is 15.4. The van der Waals surface area contributed by atoms with E-state index >= 15 is 0 Å². The highest BCUT2D eigenvalue weighted by atomic mass is 35.5. The van der Waals surface area contributed by atoms with Gasteiger partial charge < -0.3 is 14.5 Å². The number of nitrogens with one attached hydrogen (secondary N) is 1. The van der Waals surface area contributed by atoms with Gasteiger partial charge in [-0.15, -0.1) is 0 Å². The molecular formula is C31H46ClN5O4Si. The van der Waals surface area contributed by atoms with Crippen LogP contribution >= 0.6 is 11.6 Å². The summed E-state index contributed by atoms with van der Waals surface area (Å²) in [4.78, 5) is 27.0. The fraction of sp³-hybridized carbons (Fsp3) is 0.645. The van der Waals surface area contributed by atoms with Crippen LogP contribution in [0.15, 0.2) is 40.1 Å². The van der Waals surface area contributed by atoms with Crippen LogP contribution in [0.25, 0.3) is 11.0 Å². The van der Waals surface area contributed by atoms with Gasteiger partial charge in [0.15, 0.2) is 8.32 Å². The lowest BCUT2D eigenvalue weighted by Gasteiger charge is -2.36. The summed E-state index contributed by atoms with van der Waals surface area (Å²) in [6.07, 6.45) is 6.90. The zero-order valence-corrected chi connectivity index (χ0v) is 27.5. The molecule has 2 fully saturated rings. The number of halogens is 1. The van der Waals surface area contributed by atoms with Gasteiger partial charge in [0.05, 0.1) is 42.2 Å². The van der Waals surface area contributed by atoms with Crippen molar-refractivity contribution in [3.8, 4) is 0 Å². The van der Waals surface area contributed by atoms with Crippen LogP contribution in [0, 0.1) is 5.92 Å². The molecule has 1 aliphatic carbocycles. The maximum atomic E-state index is 13.8. The van der Waals surface area contributed by atoms with Crippen LogP contribution in [0.4, 0.5) is 5.69 Å². The molecule has 230 valence electrons. The minimum Gasteiger partial charge on any atom is -0.415 e. The summed E-state index contributed by atoms with van der Waals surface area (Å²) in [6, 6.07) is 8.04. The molecule has 3 heterocycles. The molecule has 1 aromatic carbocycles. The Hall–Kier alpha value is -2.40. The average molecular weight is 616 g/mol. The Balaban J connectivity index is 1.27. The number of anilines is 1. The molecule has 2 aromatic heterocycles. The molecule has 11 heteroatoms. The Morgan fingerprint density at radius 3 is 2.43 bits per heavy atom. The van der Waals surface area contributed by atoms with Gasteiger partial charge in [0, 0.05) is 25.7 Å². The number of fused-ring (bicyclic) bond motifs is 1. The molecule has 2 aliphatic rings. The Kier molecular flexibility index (Phi) is 9.37. The van der Waals surface area contributed by atoms with Crippen molar-refractivity contribution in [1.82, 2.24) is 18.9 Å². The summed E-state index contributed by atoms with van der Waals surface area (Å²) in [5.41, 5.74) is 2.22. The van der Waals surface area contributed by atoms with Crippen LogP contribution in [0.3, 0.4) is 0 Å². The lowest BCUT2D eigenvalue weighted by Crippen LogP contribution is -2.42. The van der Waals surface area contributed by atoms with Crippen molar-refractivity contribution in [3.63, 3.8) is 0 Å². The van der Waals surface area contributed by atoms with E-state index < -0.39 is 8.32 Å². The second-order valence-corrected chi connectivity index (χ2v) is 18.6. The second-order valence-electron chi connectivity index (χ2n) is 13.5. The van der Waals surface area contributed by atoms with Crippen LogP contribution in [-0.2, 0) is 15.7 Å². The van der Waals surface area contributed by atoms with E-state index in [1.165, 1.54) is 4.68 Å². The second kappa shape index (κ2) is 12.7. The van der Waals surface area contributed by atoms with E-state index in [9.17, 15) is 9.59 Å².